The molecule has 0 atom stereocenters. The number of amides is 4. The molecule has 6 nitrogen and oxygen atoms in total. The van der Waals surface area contributed by atoms with Crippen LogP contribution in [0.25, 0.3) is 11.8 Å². The van der Waals surface area contributed by atoms with E-state index >= 15 is 0 Å². The largest absolute Gasteiger partial charge is 0.331 e. The van der Waals surface area contributed by atoms with Crippen LogP contribution in [0, 0.1) is 19.7 Å². The van der Waals surface area contributed by atoms with Gasteiger partial charge in [0.15, 0.2) is 0 Å². The fraction of sp³-hybridized carbons (Fsp3) is 0.286. The first-order chi connectivity index (χ1) is 13.0. The second-order valence-corrected chi connectivity index (χ2v) is 7.77. The molecule has 0 saturated carbocycles. The van der Waals surface area contributed by atoms with Crippen LogP contribution < -0.4 is 5.32 Å². The molecule has 28 heavy (non-hydrogen) atoms. The van der Waals surface area contributed by atoms with E-state index in [0.717, 1.165) is 22.0 Å². The fourth-order valence-electron chi connectivity index (χ4n) is 3.34. The minimum Gasteiger partial charge on any atom is -0.318 e. The van der Waals surface area contributed by atoms with Gasteiger partial charge in [-0.3, -0.25) is 19.8 Å². The number of carbonyl (C=O) groups is 3. The lowest BCUT2D eigenvalue weighted by molar-refractivity contribution is -0.133. The number of nitrogens with one attached hydrogen (secondary N) is 1. The summed E-state index contributed by atoms with van der Waals surface area (Å²) in [4.78, 5) is 38.3. The predicted octanol–water partition coefficient (Wildman–Crippen LogP) is 3.49. The molecule has 2 heterocycles. The van der Waals surface area contributed by atoms with Gasteiger partial charge < -0.3 is 4.57 Å². The van der Waals surface area contributed by atoms with E-state index in [2.05, 4.69) is 5.32 Å². The molecule has 0 aliphatic carbocycles. The van der Waals surface area contributed by atoms with Crippen molar-refractivity contribution < 1.29 is 18.8 Å². The Morgan fingerprint density at radius 3 is 2.21 bits per heavy atom. The minimum absolute atomic E-state index is 0.103. The van der Waals surface area contributed by atoms with Crippen LogP contribution in [0.15, 0.2) is 35.9 Å². The number of nitrogens with zero attached hydrogens (tertiary/aromatic N) is 2. The zero-order chi connectivity index (χ0) is 20.8. The van der Waals surface area contributed by atoms with Gasteiger partial charge in [-0.25, -0.2) is 9.18 Å². The molecule has 0 spiro atoms. The zero-order valence-corrected chi connectivity index (χ0v) is 16.5. The molecule has 1 aliphatic heterocycles. The van der Waals surface area contributed by atoms with Gasteiger partial charge in [-0.15, -0.1) is 0 Å². The van der Waals surface area contributed by atoms with Crippen LogP contribution in [-0.4, -0.2) is 32.9 Å². The Morgan fingerprint density at radius 2 is 1.64 bits per heavy atom. The number of halogens is 1. The third kappa shape index (κ3) is 3.35. The molecule has 2 aromatic rings. The SMILES string of the molecule is Cc1cc(C=C2C(=O)NC(=O)N(C(C)(C)C)C2=O)c(C)n1-c1ccc(F)cc1. The molecule has 1 fully saturated rings. The van der Waals surface area contributed by atoms with Crippen LogP contribution in [0.2, 0.25) is 0 Å². The summed E-state index contributed by atoms with van der Waals surface area (Å²) in [6.45, 7) is 8.89. The number of urea groups is 1. The van der Waals surface area contributed by atoms with Crippen LogP contribution in [0.5, 0.6) is 0 Å². The Balaban J connectivity index is 2.07. The maximum absolute atomic E-state index is 13.2. The summed E-state index contributed by atoms with van der Waals surface area (Å²) in [6.07, 6.45) is 1.49. The maximum atomic E-state index is 13.2. The van der Waals surface area contributed by atoms with Crippen LogP contribution in [-0.2, 0) is 9.59 Å². The van der Waals surface area contributed by atoms with E-state index in [0.29, 0.717) is 5.56 Å². The third-order valence-electron chi connectivity index (χ3n) is 4.63. The number of hydrogen-bond donors (Lipinski definition) is 1. The average Bonchev–Trinajstić information content (AvgIpc) is 2.85. The first-order valence-corrected chi connectivity index (χ1v) is 8.87. The van der Waals surface area contributed by atoms with Crippen LogP contribution in [0.1, 0.15) is 37.7 Å². The van der Waals surface area contributed by atoms with Gasteiger partial charge in [0.1, 0.15) is 11.4 Å². The van der Waals surface area contributed by atoms with E-state index < -0.39 is 23.4 Å². The van der Waals surface area contributed by atoms with Crippen molar-refractivity contribution in [1.29, 1.82) is 0 Å². The van der Waals surface area contributed by atoms with Crippen molar-refractivity contribution >= 4 is 23.9 Å². The van der Waals surface area contributed by atoms with Crippen molar-refractivity contribution in [1.82, 2.24) is 14.8 Å². The topological polar surface area (TPSA) is 71.4 Å². The van der Waals surface area contributed by atoms with Crippen LogP contribution in [0.4, 0.5) is 9.18 Å². The van der Waals surface area contributed by atoms with E-state index in [1.54, 1.807) is 32.9 Å². The Hall–Kier alpha value is -3.22. The average molecular weight is 383 g/mol. The standard InChI is InChI=1S/C21H22FN3O3/c1-12-10-14(13(2)24(12)16-8-6-15(22)7-9-16)11-17-18(26)23-20(28)25(19(17)27)21(3,4)5/h6-11H,1-5H3,(H,23,26,28). The molecule has 3 rings (SSSR count). The van der Waals surface area contributed by atoms with Crippen molar-refractivity contribution in [2.24, 2.45) is 0 Å². The lowest BCUT2D eigenvalue weighted by Gasteiger charge is -2.36. The Bertz CT molecular complexity index is 1010. The monoisotopic (exact) mass is 383 g/mol. The molecule has 1 aromatic carbocycles. The van der Waals surface area contributed by atoms with E-state index in [4.69, 9.17) is 0 Å². The lowest BCUT2D eigenvalue weighted by Crippen LogP contribution is -2.60. The van der Waals surface area contributed by atoms with E-state index in [9.17, 15) is 18.8 Å². The Labute approximate surface area is 162 Å². The zero-order valence-electron chi connectivity index (χ0n) is 16.5. The van der Waals surface area contributed by atoms with Gasteiger partial charge >= 0.3 is 6.03 Å². The quantitative estimate of drug-likeness (QED) is 0.637. The molecule has 1 aliphatic rings. The molecule has 1 aromatic heterocycles. The summed E-state index contributed by atoms with van der Waals surface area (Å²) in [5.74, 6) is -1.68. The van der Waals surface area contributed by atoms with Crippen molar-refractivity contribution in [2.75, 3.05) is 0 Å². The second-order valence-electron chi connectivity index (χ2n) is 7.77. The second kappa shape index (κ2) is 6.74. The molecule has 0 unspecified atom stereocenters. The van der Waals surface area contributed by atoms with Crippen molar-refractivity contribution in [2.45, 2.75) is 40.2 Å². The highest BCUT2D eigenvalue weighted by Crippen LogP contribution is 2.26. The van der Waals surface area contributed by atoms with Gasteiger partial charge in [0.2, 0.25) is 0 Å². The van der Waals surface area contributed by atoms with Gasteiger partial charge in [-0.05, 0) is 76.6 Å². The summed E-state index contributed by atoms with van der Waals surface area (Å²) < 4.78 is 15.1. The smallest absolute Gasteiger partial charge is 0.318 e. The molecule has 4 amide bonds. The number of benzene rings is 1. The minimum atomic E-state index is -0.772. The van der Waals surface area contributed by atoms with Crippen molar-refractivity contribution in [3.8, 4) is 5.69 Å². The number of aryl methyl sites for hydroxylation is 1. The highest BCUT2D eigenvalue weighted by molar-refractivity contribution is 6.31. The summed E-state index contributed by atoms with van der Waals surface area (Å²) in [5, 5.41) is 2.23. The number of imide groups is 2. The lowest BCUT2D eigenvalue weighted by atomic mass is 10.0. The normalized spacial score (nSPS) is 16.7. The summed E-state index contributed by atoms with van der Waals surface area (Å²) in [7, 11) is 0. The molecule has 7 heteroatoms. The number of hydrogen-bond acceptors (Lipinski definition) is 3. The Kier molecular flexibility index (Phi) is 4.71. The number of carbonyl (C=O) groups excluding carboxylic acids is 3. The fourth-order valence-corrected chi connectivity index (χ4v) is 3.34. The van der Waals surface area contributed by atoms with Crippen molar-refractivity contribution in [3.05, 3.63) is 58.7 Å². The molecular formula is C21H22FN3O3. The first-order valence-electron chi connectivity index (χ1n) is 8.87. The molecule has 1 N–H and O–H groups in total. The van der Waals surface area contributed by atoms with Crippen LogP contribution >= 0.6 is 0 Å². The van der Waals surface area contributed by atoms with E-state index in [1.807, 2.05) is 24.5 Å². The highest BCUT2D eigenvalue weighted by atomic mass is 19.1. The molecule has 146 valence electrons. The number of aromatic nitrogens is 1. The van der Waals surface area contributed by atoms with Gasteiger partial charge in [0.05, 0.1) is 0 Å². The molecule has 0 radical (unpaired) electrons. The highest BCUT2D eigenvalue weighted by Gasteiger charge is 2.41. The first kappa shape index (κ1) is 19.5. The molecule has 1 saturated heterocycles. The van der Waals surface area contributed by atoms with Crippen molar-refractivity contribution in [3.63, 3.8) is 0 Å². The maximum Gasteiger partial charge on any atom is 0.331 e. The third-order valence-corrected chi connectivity index (χ3v) is 4.63. The van der Waals surface area contributed by atoms with Gasteiger partial charge in [0.25, 0.3) is 11.8 Å². The van der Waals surface area contributed by atoms with Gasteiger partial charge in [0, 0.05) is 22.6 Å². The van der Waals surface area contributed by atoms with Gasteiger partial charge in [-0.2, -0.15) is 0 Å². The molecule has 0 bridgehead atoms. The number of rotatable bonds is 2. The number of barbiturate groups is 1. The van der Waals surface area contributed by atoms with Gasteiger partial charge in [-0.1, -0.05) is 0 Å². The summed E-state index contributed by atoms with van der Waals surface area (Å²) >= 11 is 0. The van der Waals surface area contributed by atoms with E-state index in [1.165, 1.54) is 18.2 Å². The summed E-state index contributed by atoms with van der Waals surface area (Å²) in [5.41, 5.74) is 2.22. The Morgan fingerprint density at radius 1 is 1.04 bits per heavy atom. The molecular weight excluding hydrogens is 361 g/mol. The predicted molar refractivity (Wildman–Crippen MR) is 103 cm³/mol. The van der Waals surface area contributed by atoms with E-state index in [-0.39, 0.29) is 11.4 Å². The van der Waals surface area contributed by atoms with Crippen LogP contribution in [0.3, 0.4) is 0 Å². The summed E-state index contributed by atoms with van der Waals surface area (Å²) in [6, 6.07) is 7.17.